The SMILES string of the molecule is CCN1c2ccc(-c3ccc(CNC4CCNCC4)cc3)cc2C(NC(=O)OC(C)C)CC1C. The van der Waals surface area contributed by atoms with Crippen LogP contribution in [0.2, 0.25) is 0 Å². The van der Waals surface area contributed by atoms with E-state index < -0.39 is 0 Å². The molecule has 34 heavy (non-hydrogen) atoms. The summed E-state index contributed by atoms with van der Waals surface area (Å²) in [4.78, 5) is 14.8. The van der Waals surface area contributed by atoms with Gasteiger partial charge in [-0.1, -0.05) is 30.3 Å². The molecular weight excluding hydrogens is 424 g/mol. The Labute approximate surface area is 204 Å². The fourth-order valence-electron chi connectivity index (χ4n) is 5.22. The first-order valence-electron chi connectivity index (χ1n) is 12.9. The smallest absolute Gasteiger partial charge is 0.407 e. The van der Waals surface area contributed by atoms with Gasteiger partial charge in [0.2, 0.25) is 0 Å². The molecule has 1 saturated heterocycles. The van der Waals surface area contributed by atoms with Crippen LogP contribution in [0.25, 0.3) is 11.1 Å². The zero-order valence-electron chi connectivity index (χ0n) is 21.1. The maximum absolute atomic E-state index is 12.4. The summed E-state index contributed by atoms with van der Waals surface area (Å²) in [5.74, 6) is 0. The molecule has 0 aliphatic carbocycles. The van der Waals surface area contributed by atoms with Crippen molar-refractivity contribution in [1.29, 1.82) is 0 Å². The maximum atomic E-state index is 12.4. The van der Waals surface area contributed by atoms with Gasteiger partial charge in [0, 0.05) is 30.9 Å². The summed E-state index contributed by atoms with van der Waals surface area (Å²) in [7, 11) is 0. The highest BCUT2D eigenvalue weighted by atomic mass is 16.6. The standard InChI is InChI=1S/C28H40N4O2/c1-5-32-20(4)16-26(31-28(33)34-19(2)3)25-17-23(10-11-27(25)32)22-8-6-21(7-9-22)18-30-24-12-14-29-15-13-24/h6-11,17,19-20,24,26,29-30H,5,12-16,18H2,1-4H3,(H,31,33). The van der Waals surface area contributed by atoms with Gasteiger partial charge in [-0.05, 0) is 94.4 Å². The Morgan fingerprint density at radius 2 is 1.82 bits per heavy atom. The number of nitrogens with one attached hydrogen (secondary N) is 3. The van der Waals surface area contributed by atoms with Gasteiger partial charge in [-0.2, -0.15) is 0 Å². The molecule has 1 fully saturated rings. The highest BCUT2D eigenvalue weighted by Crippen LogP contribution is 2.39. The normalized spacial score (nSPS) is 20.8. The van der Waals surface area contributed by atoms with Crippen LogP contribution in [-0.4, -0.2) is 43.9 Å². The lowest BCUT2D eigenvalue weighted by Crippen LogP contribution is -2.43. The van der Waals surface area contributed by atoms with Crippen LogP contribution in [0.3, 0.4) is 0 Å². The molecule has 0 aromatic heterocycles. The lowest BCUT2D eigenvalue weighted by Gasteiger charge is -2.40. The Balaban J connectivity index is 1.51. The molecule has 2 unspecified atom stereocenters. The van der Waals surface area contributed by atoms with Crippen molar-refractivity contribution in [3.05, 3.63) is 53.6 Å². The third-order valence-corrected chi connectivity index (χ3v) is 7.02. The predicted molar refractivity (Wildman–Crippen MR) is 139 cm³/mol. The number of rotatable bonds is 7. The Bertz CT molecular complexity index is 953. The van der Waals surface area contributed by atoms with Crippen LogP contribution in [0.15, 0.2) is 42.5 Å². The summed E-state index contributed by atoms with van der Waals surface area (Å²) in [6.07, 6.45) is 2.76. The predicted octanol–water partition coefficient (Wildman–Crippen LogP) is 4.99. The van der Waals surface area contributed by atoms with Gasteiger partial charge in [0.1, 0.15) is 0 Å². The number of hydrogen-bond donors (Lipinski definition) is 3. The number of carbonyl (C=O) groups is 1. The maximum Gasteiger partial charge on any atom is 0.407 e. The van der Waals surface area contributed by atoms with E-state index in [1.165, 1.54) is 35.2 Å². The first-order valence-corrected chi connectivity index (χ1v) is 12.9. The molecule has 2 aromatic rings. The monoisotopic (exact) mass is 464 g/mol. The summed E-state index contributed by atoms with van der Waals surface area (Å²) < 4.78 is 5.38. The van der Waals surface area contributed by atoms with Gasteiger partial charge in [0.25, 0.3) is 0 Å². The Morgan fingerprint density at radius 1 is 1.12 bits per heavy atom. The van der Waals surface area contributed by atoms with E-state index in [9.17, 15) is 4.79 Å². The van der Waals surface area contributed by atoms with Crippen molar-refractivity contribution in [3.8, 4) is 11.1 Å². The van der Waals surface area contributed by atoms with Crippen LogP contribution in [0.5, 0.6) is 0 Å². The summed E-state index contributed by atoms with van der Waals surface area (Å²) >= 11 is 0. The molecule has 2 heterocycles. The lowest BCUT2D eigenvalue weighted by molar-refractivity contribution is 0.111. The fourth-order valence-corrected chi connectivity index (χ4v) is 5.22. The van der Waals surface area contributed by atoms with E-state index in [1.54, 1.807) is 0 Å². The van der Waals surface area contributed by atoms with E-state index in [1.807, 2.05) is 13.8 Å². The second-order valence-electron chi connectivity index (χ2n) is 9.90. The quantitative estimate of drug-likeness (QED) is 0.539. The van der Waals surface area contributed by atoms with Gasteiger partial charge >= 0.3 is 6.09 Å². The van der Waals surface area contributed by atoms with E-state index in [-0.39, 0.29) is 18.2 Å². The molecule has 2 aromatic carbocycles. The molecule has 0 saturated carbocycles. The minimum Gasteiger partial charge on any atom is -0.447 e. The van der Waals surface area contributed by atoms with Crippen LogP contribution in [0.4, 0.5) is 10.5 Å². The fraction of sp³-hybridized carbons (Fsp3) is 0.536. The summed E-state index contributed by atoms with van der Waals surface area (Å²) in [6, 6.07) is 16.4. The van der Waals surface area contributed by atoms with Crippen molar-refractivity contribution in [2.45, 2.75) is 77.7 Å². The van der Waals surface area contributed by atoms with Gasteiger partial charge < -0.3 is 25.6 Å². The summed E-state index contributed by atoms with van der Waals surface area (Å²) in [5, 5.41) is 10.2. The molecule has 184 valence electrons. The first kappa shape index (κ1) is 24.6. The van der Waals surface area contributed by atoms with Crippen LogP contribution < -0.4 is 20.9 Å². The number of anilines is 1. The average Bonchev–Trinajstić information content (AvgIpc) is 2.83. The number of piperidine rings is 1. The van der Waals surface area contributed by atoms with Crippen LogP contribution in [0.1, 0.15) is 64.1 Å². The highest BCUT2D eigenvalue weighted by Gasteiger charge is 2.31. The van der Waals surface area contributed by atoms with Gasteiger partial charge in [-0.25, -0.2) is 4.79 Å². The average molecular weight is 465 g/mol. The summed E-state index contributed by atoms with van der Waals surface area (Å²) in [5.41, 5.74) is 6.03. The number of nitrogens with zero attached hydrogens (tertiary/aromatic N) is 1. The van der Waals surface area contributed by atoms with Crippen molar-refractivity contribution in [1.82, 2.24) is 16.0 Å². The minimum absolute atomic E-state index is 0.0625. The molecule has 6 heteroatoms. The minimum atomic E-state index is -0.348. The lowest BCUT2D eigenvalue weighted by atomic mass is 9.89. The molecule has 0 spiro atoms. The van der Waals surface area contributed by atoms with Gasteiger partial charge in [0.15, 0.2) is 0 Å². The Hall–Kier alpha value is -2.57. The number of benzene rings is 2. The molecule has 2 atom stereocenters. The third kappa shape index (κ3) is 5.91. The second kappa shape index (κ2) is 11.2. The highest BCUT2D eigenvalue weighted by molar-refractivity contribution is 5.73. The molecule has 1 amide bonds. The number of fused-ring (bicyclic) bond motifs is 1. The Morgan fingerprint density at radius 3 is 2.50 bits per heavy atom. The van der Waals surface area contributed by atoms with E-state index in [2.05, 4.69) is 77.2 Å². The molecular formula is C28H40N4O2. The summed E-state index contributed by atoms with van der Waals surface area (Å²) in [6.45, 7) is 12.2. The molecule has 3 N–H and O–H groups in total. The Kier molecular flexibility index (Phi) is 8.11. The van der Waals surface area contributed by atoms with E-state index in [4.69, 9.17) is 4.74 Å². The van der Waals surface area contributed by atoms with Crippen molar-refractivity contribution in [3.63, 3.8) is 0 Å². The molecule has 0 bridgehead atoms. The van der Waals surface area contributed by atoms with E-state index in [0.717, 1.165) is 38.2 Å². The van der Waals surface area contributed by atoms with Crippen molar-refractivity contribution in [2.24, 2.45) is 0 Å². The number of carbonyl (C=O) groups excluding carboxylic acids is 1. The topological polar surface area (TPSA) is 65.6 Å². The van der Waals surface area contributed by atoms with Crippen LogP contribution in [-0.2, 0) is 11.3 Å². The second-order valence-corrected chi connectivity index (χ2v) is 9.90. The molecule has 6 nitrogen and oxygen atoms in total. The van der Waals surface area contributed by atoms with E-state index >= 15 is 0 Å². The zero-order chi connectivity index (χ0) is 24.1. The third-order valence-electron chi connectivity index (χ3n) is 7.02. The largest absolute Gasteiger partial charge is 0.447 e. The van der Waals surface area contributed by atoms with Crippen LogP contribution in [0, 0.1) is 0 Å². The first-order chi connectivity index (χ1) is 16.4. The number of amides is 1. The number of ether oxygens (including phenoxy) is 1. The molecule has 2 aliphatic rings. The van der Waals surface area contributed by atoms with Gasteiger partial charge in [0.05, 0.1) is 12.1 Å². The van der Waals surface area contributed by atoms with Crippen molar-refractivity contribution >= 4 is 11.8 Å². The number of alkyl carbamates (subject to hydrolysis) is 1. The molecule has 0 radical (unpaired) electrons. The van der Waals surface area contributed by atoms with E-state index in [0.29, 0.717) is 12.1 Å². The van der Waals surface area contributed by atoms with Crippen molar-refractivity contribution in [2.75, 3.05) is 24.5 Å². The van der Waals surface area contributed by atoms with Gasteiger partial charge in [-0.15, -0.1) is 0 Å². The molecule has 2 aliphatic heterocycles. The number of hydrogen-bond acceptors (Lipinski definition) is 5. The molecule has 4 rings (SSSR count). The van der Waals surface area contributed by atoms with Gasteiger partial charge in [-0.3, -0.25) is 0 Å². The van der Waals surface area contributed by atoms with Crippen LogP contribution >= 0.6 is 0 Å². The zero-order valence-corrected chi connectivity index (χ0v) is 21.1. The van der Waals surface area contributed by atoms with Crippen molar-refractivity contribution < 1.29 is 9.53 Å².